The monoisotopic (exact) mass is 537 g/mol. The molecule has 1 amide bonds. The van der Waals surface area contributed by atoms with E-state index in [1.165, 1.54) is 32.4 Å². The molecule has 1 aliphatic rings. The third-order valence-corrected chi connectivity index (χ3v) is 6.22. The Kier molecular flexibility index (Phi) is 6.88. The average Bonchev–Trinajstić information content (AvgIpc) is 3.11. The molecule has 0 saturated carbocycles. The van der Waals surface area contributed by atoms with Crippen LogP contribution >= 0.6 is 23.2 Å². The topological polar surface area (TPSA) is 76.1 Å². The van der Waals surface area contributed by atoms with Gasteiger partial charge in [0.05, 0.1) is 42.1 Å². The molecular weight excluding hydrogens is 522 g/mol. The number of halogens is 5. The maximum Gasteiger partial charge on any atom is 0.300 e. The molecule has 1 atom stereocenters. The first-order valence-electron chi connectivity index (χ1n) is 10.2. The normalized spacial score (nSPS) is 17.0. The molecular formula is C25H16Cl2F3NO5. The Bertz CT molecular complexity index is 1430. The number of carbonyl (C=O) groups excluding carboxylic acids is 2. The number of nitrogens with zero attached hydrogens (tertiary/aromatic N) is 1. The molecule has 3 aromatic rings. The number of benzene rings is 3. The van der Waals surface area contributed by atoms with Crippen molar-refractivity contribution in [2.24, 2.45) is 0 Å². The lowest BCUT2D eigenvalue weighted by atomic mass is 9.94. The summed E-state index contributed by atoms with van der Waals surface area (Å²) in [4.78, 5) is 27.0. The minimum Gasteiger partial charge on any atom is -0.507 e. The van der Waals surface area contributed by atoms with E-state index in [-0.39, 0.29) is 32.7 Å². The number of ether oxygens (including phenoxy) is 2. The lowest BCUT2D eigenvalue weighted by Gasteiger charge is -2.26. The van der Waals surface area contributed by atoms with Crippen molar-refractivity contribution >= 4 is 46.3 Å². The number of Topliss-reactive ketones (excluding diaryl/α,β-unsaturated/α-hetero) is 1. The predicted octanol–water partition coefficient (Wildman–Crippen LogP) is 6.05. The Morgan fingerprint density at radius 3 is 2.14 bits per heavy atom. The summed E-state index contributed by atoms with van der Waals surface area (Å²) in [6.45, 7) is 0. The SMILES string of the molecule is COc1c(Cl)cc(/C(O)=C2\C(=O)C(=O)N(c3cc(F)ccc3F)C2c2ccc(F)cc2)c(OC)c1Cl. The van der Waals surface area contributed by atoms with Crippen LogP contribution in [0.25, 0.3) is 5.76 Å². The molecule has 0 aromatic heterocycles. The molecule has 3 aromatic carbocycles. The fraction of sp³-hybridized carbons (Fsp3) is 0.120. The fourth-order valence-electron chi connectivity index (χ4n) is 4.00. The van der Waals surface area contributed by atoms with E-state index in [1.54, 1.807) is 0 Å². The van der Waals surface area contributed by atoms with Crippen LogP contribution in [0.4, 0.5) is 18.9 Å². The van der Waals surface area contributed by atoms with Gasteiger partial charge in [0.25, 0.3) is 11.7 Å². The number of ketones is 1. The minimum absolute atomic E-state index is 0.0316. The highest BCUT2D eigenvalue weighted by Crippen LogP contribution is 2.48. The molecule has 1 unspecified atom stereocenters. The molecule has 1 N–H and O–H groups in total. The van der Waals surface area contributed by atoms with Gasteiger partial charge in [-0.1, -0.05) is 35.3 Å². The Morgan fingerprint density at radius 2 is 1.53 bits per heavy atom. The zero-order valence-corrected chi connectivity index (χ0v) is 20.1. The van der Waals surface area contributed by atoms with E-state index in [0.29, 0.717) is 4.90 Å². The Balaban J connectivity index is 2.04. The number of methoxy groups -OCH3 is 2. The second-order valence-corrected chi connectivity index (χ2v) is 8.39. The largest absolute Gasteiger partial charge is 0.507 e. The minimum atomic E-state index is -1.47. The number of aliphatic hydroxyl groups excluding tert-OH is 1. The number of hydrogen-bond acceptors (Lipinski definition) is 5. The number of aliphatic hydroxyl groups is 1. The molecule has 1 saturated heterocycles. The van der Waals surface area contributed by atoms with Crippen molar-refractivity contribution in [1.29, 1.82) is 0 Å². The summed E-state index contributed by atoms with van der Waals surface area (Å²) in [5.74, 6) is -5.82. The van der Waals surface area contributed by atoms with Gasteiger partial charge in [-0.3, -0.25) is 14.5 Å². The van der Waals surface area contributed by atoms with Crippen LogP contribution in [0.5, 0.6) is 11.5 Å². The van der Waals surface area contributed by atoms with Crippen LogP contribution in [0, 0.1) is 17.5 Å². The molecule has 0 bridgehead atoms. The zero-order chi connectivity index (χ0) is 26.3. The number of anilines is 1. The highest BCUT2D eigenvalue weighted by molar-refractivity contribution is 6.52. The quantitative estimate of drug-likeness (QED) is 0.243. The van der Waals surface area contributed by atoms with E-state index in [0.717, 1.165) is 30.3 Å². The van der Waals surface area contributed by atoms with Crippen LogP contribution in [0.1, 0.15) is 17.2 Å². The van der Waals surface area contributed by atoms with Crippen molar-refractivity contribution in [3.63, 3.8) is 0 Å². The molecule has 0 radical (unpaired) electrons. The van der Waals surface area contributed by atoms with E-state index < -0.39 is 52.2 Å². The lowest BCUT2D eigenvalue weighted by molar-refractivity contribution is -0.132. The van der Waals surface area contributed by atoms with Gasteiger partial charge in [0.2, 0.25) is 0 Å². The summed E-state index contributed by atoms with van der Waals surface area (Å²) in [5.41, 5.74) is -1.10. The Hall–Kier alpha value is -3.69. The van der Waals surface area contributed by atoms with Crippen LogP contribution in [0.3, 0.4) is 0 Å². The van der Waals surface area contributed by atoms with E-state index in [4.69, 9.17) is 32.7 Å². The van der Waals surface area contributed by atoms with Crippen LogP contribution in [-0.4, -0.2) is 31.0 Å². The summed E-state index contributed by atoms with van der Waals surface area (Å²) in [7, 11) is 2.54. The zero-order valence-electron chi connectivity index (χ0n) is 18.6. The van der Waals surface area contributed by atoms with Gasteiger partial charge in [-0.2, -0.15) is 0 Å². The molecule has 36 heavy (non-hydrogen) atoms. The van der Waals surface area contributed by atoms with E-state index >= 15 is 0 Å². The Labute approximate surface area is 213 Å². The summed E-state index contributed by atoms with van der Waals surface area (Å²) in [5, 5.41) is 11.1. The maximum absolute atomic E-state index is 14.8. The molecule has 1 heterocycles. The summed E-state index contributed by atoms with van der Waals surface area (Å²) in [6, 6.07) is 6.70. The average molecular weight is 538 g/mol. The predicted molar refractivity (Wildman–Crippen MR) is 127 cm³/mol. The van der Waals surface area contributed by atoms with Gasteiger partial charge < -0.3 is 14.6 Å². The third-order valence-electron chi connectivity index (χ3n) is 5.59. The first-order chi connectivity index (χ1) is 17.1. The van der Waals surface area contributed by atoms with Gasteiger partial charge in [-0.15, -0.1) is 0 Å². The van der Waals surface area contributed by atoms with Crippen molar-refractivity contribution in [2.75, 3.05) is 19.1 Å². The van der Waals surface area contributed by atoms with Gasteiger partial charge in [0.15, 0.2) is 11.5 Å². The molecule has 0 spiro atoms. The van der Waals surface area contributed by atoms with Crippen LogP contribution in [-0.2, 0) is 9.59 Å². The van der Waals surface area contributed by atoms with Crippen LogP contribution in [0.2, 0.25) is 10.0 Å². The van der Waals surface area contributed by atoms with Crippen LogP contribution < -0.4 is 14.4 Å². The van der Waals surface area contributed by atoms with Crippen molar-refractivity contribution in [2.45, 2.75) is 6.04 Å². The highest BCUT2D eigenvalue weighted by atomic mass is 35.5. The number of carbonyl (C=O) groups is 2. The van der Waals surface area contributed by atoms with Crippen molar-refractivity contribution in [3.05, 3.63) is 92.7 Å². The second-order valence-electron chi connectivity index (χ2n) is 7.60. The third kappa shape index (κ3) is 4.14. The first-order valence-corrected chi connectivity index (χ1v) is 11.0. The second kappa shape index (κ2) is 9.75. The van der Waals surface area contributed by atoms with Gasteiger partial charge >= 0.3 is 0 Å². The summed E-state index contributed by atoms with van der Waals surface area (Å²) < 4.78 is 52.9. The van der Waals surface area contributed by atoms with E-state index in [1.807, 2.05) is 0 Å². The first kappa shape index (κ1) is 25.4. The van der Waals surface area contributed by atoms with Crippen LogP contribution in [0.15, 0.2) is 54.1 Å². The lowest BCUT2D eigenvalue weighted by Crippen LogP contribution is -2.30. The number of amides is 1. The van der Waals surface area contributed by atoms with Gasteiger partial charge in [0.1, 0.15) is 28.2 Å². The maximum atomic E-state index is 14.8. The molecule has 1 fully saturated rings. The van der Waals surface area contributed by atoms with Crippen molar-refractivity contribution in [1.82, 2.24) is 0 Å². The number of hydrogen-bond donors (Lipinski definition) is 1. The standard InChI is InChI=1S/C25H16Cl2F3NO5/c1-35-23-14(10-15(26)24(36-2)19(23)27)21(32)18-20(11-3-5-12(28)6-4-11)31(25(34)22(18)33)17-9-13(29)7-8-16(17)30/h3-10,20,32H,1-2H3/b21-18+. The van der Waals surface area contributed by atoms with Crippen molar-refractivity contribution in [3.8, 4) is 11.5 Å². The fourth-order valence-corrected chi connectivity index (χ4v) is 4.69. The summed E-state index contributed by atoms with van der Waals surface area (Å²) >= 11 is 12.5. The van der Waals surface area contributed by atoms with E-state index in [2.05, 4.69) is 0 Å². The molecule has 0 aliphatic carbocycles. The smallest absolute Gasteiger partial charge is 0.300 e. The van der Waals surface area contributed by atoms with Crippen molar-refractivity contribution < 1.29 is 37.3 Å². The molecule has 6 nitrogen and oxygen atoms in total. The number of rotatable bonds is 5. The van der Waals surface area contributed by atoms with E-state index in [9.17, 15) is 27.9 Å². The van der Waals surface area contributed by atoms with Gasteiger partial charge in [-0.05, 0) is 35.9 Å². The summed E-state index contributed by atoms with van der Waals surface area (Å²) in [6.07, 6.45) is 0. The highest BCUT2D eigenvalue weighted by Gasteiger charge is 2.48. The van der Waals surface area contributed by atoms with Gasteiger partial charge in [0, 0.05) is 6.07 Å². The molecule has 4 rings (SSSR count). The Morgan fingerprint density at radius 1 is 0.917 bits per heavy atom. The molecule has 186 valence electrons. The van der Waals surface area contributed by atoms with Gasteiger partial charge in [-0.25, -0.2) is 13.2 Å². The molecule has 1 aliphatic heterocycles. The molecule has 11 heteroatoms.